The molecule has 0 aromatic heterocycles. The van der Waals surface area contributed by atoms with E-state index in [2.05, 4.69) is 17.4 Å². The molecule has 0 spiro atoms. The molecule has 0 radical (unpaired) electrons. The van der Waals surface area contributed by atoms with Crippen molar-refractivity contribution in [3.63, 3.8) is 0 Å². The van der Waals surface area contributed by atoms with Crippen LogP contribution in [0.4, 0.5) is 0 Å². The zero-order valence-corrected chi connectivity index (χ0v) is 11.9. The molecule has 1 aliphatic rings. The fraction of sp³-hybridized carbons (Fsp3) is 0.235. The molecule has 0 heterocycles. The molecule has 0 fully saturated rings. The van der Waals surface area contributed by atoms with Crippen LogP contribution in [0.25, 0.3) is 0 Å². The summed E-state index contributed by atoms with van der Waals surface area (Å²) < 4.78 is 0. The highest BCUT2D eigenvalue weighted by Gasteiger charge is 2.23. The molecule has 1 unspecified atom stereocenters. The largest absolute Gasteiger partial charge is 0.345 e. The van der Waals surface area contributed by atoms with E-state index in [1.807, 2.05) is 36.4 Å². The molecular formula is C17H16ClNO. The number of hydrogen-bond acceptors (Lipinski definition) is 1. The Morgan fingerprint density at radius 3 is 2.90 bits per heavy atom. The van der Waals surface area contributed by atoms with Gasteiger partial charge >= 0.3 is 0 Å². The van der Waals surface area contributed by atoms with Crippen molar-refractivity contribution in [2.75, 3.05) is 0 Å². The first kappa shape index (κ1) is 13.2. The van der Waals surface area contributed by atoms with Crippen LogP contribution in [0.1, 0.15) is 39.5 Å². The number of halogens is 1. The predicted octanol–water partition coefficient (Wildman–Crippen LogP) is 3.84. The summed E-state index contributed by atoms with van der Waals surface area (Å²) >= 11 is 5.81. The van der Waals surface area contributed by atoms with Crippen molar-refractivity contribution < 1.29 is 4.79 Å². The lowest BCUT2D eigenvalue weighted by atomic mass is 10.1. The summed E-state index contributed by atoms with van der Waals surface area (Å²) in [5, 5.41) is 3.12. The minimum absolute atomic E-state index is 0.0290. The minimum Gasteiger partial charge on any atom is -0.345 e. The van der Waals surface area contributed by atoms with Gasteiger partial charge in [0.1, 0.15) is 0 Å². The second-order valence-corrected chi connectivity index (χ2v) is 5.36. The molecule has 1 amide bonds. The number of alkyl halides is 1. The highest BCUT2D eigenvalue weighted by Crippen LogP contribution is 2.30. The third-order valence-electron chi connectivity index (χ3n) is 3.78. The van der Waals surface area contributed by atoms with E-state index in [4.69, 9.17) is 11.6 Å². The summed E-state index contributed by atoms with van der Waals surface area (Å²) in [6.07, 6.45) is 2.00. The molecule has 0 aliphatic heterocycles. The van der Waals surface area contributed by atoms with Gasteiger partial charge < -0.3 is 5.32 Å². The lowest BCUT2D eigenvalue weighted by Gasteiger charge is -2.14. The molecule has 3 rings (SSSR count). The van der Waals surface area contributed by atoms with Gasteiger partial charge in [0.25, 0.3) is 5.91 Å². The maximum atomic E-state index is 12.3. The van der Waals surface area contributed by atoms with Gasteiger partial charge in [-0.3, -0.25) is 4.79 Å². The van der Waals surface area contributed by atoms with Gasteiger partial charge in [-0.05, 0) is 41.7 Å². The Morgan fingerprint density at radius 2 is 2.05 bits per heavy atom. The van der Waals surface area contributed by atoms with Crippen LogP contribution >= 0.6 is 11.6 Å². The molecule has 20 heavy (non-hydrogen) atoms. The number of amides is 1. The average Bonchev–Trinajstić information content (AvgIpc) is 2.90. The van der Waals surface area contributed by atoms with Crippen molar-refractivity contribution in [2.45, 2.75) is 24.8 Å². The van der Waals surface area contributed by atoms with Gasteiger partial charge in [0.05, 0.1) is 6.04 Å². The Labute approximate surface area is 123 Å². The molecule has 2 aromatic rings. The molecule has 102 valence electrons. The van der Waals surface area contributed by atoms with E-state index in [9.17, 15) is 4.79 Å². The molecule has 0 saturated heterocycles. The Bertz CT molecular complexity index is 638. The van der Waals surface area contributed by atoms with Crippen molar-refractivity contribution in [3.05, 3.63) is 70.8 Å². The smallest absolute Gasteiger partial charge is 0.251 e. The molecule has 0 saturated carbocycles. The first-order valence-electron chi connectivity index (χ1n) is 6.81. The third-order valence-corrected chi connectivity index (χ3v) is 4.09. The van der Waals surface area contributed by atoms with Crippen LogP contribution in [-0.2, 0) is 12.3 Å². The number of carbonyl (C=O) groups excluding carboxylic acids is 1. The molecule has 2 aromatic carbocycles. The van der Waals surface area contributed by atoms with Gasteiger partial charge in [0.2, 0.25) is 0 Å². The van der Waals surface area contributed by atoms with Gasteiger partial charge in [-0.15, -0.1) is 11.6 Å². The van der Waals surface area contributed by atoms with Gasteiger partial charge in [0, 0.05) is 11.4 Å². The molecule has 0 bridgehead atoms. The summed E-state index contributed by atoms with van der Waals surface area (Å²) in [5.74, 6) is 0.395. The minimum atomic E-state index is -0.0290. The van der Waals surface area contributed by atoms with Crippen LogP contribution in [0.15, 0.2) is 48.5 Å². The highest BCUT2D eigenvalue weighted by atomic mass is 35.5. The summed E-state index contributed by atoms with van der Waals surface area (Å²) in [6, 6.07) is 15.9. The molecule has 1 aliphatic carbocycles. The van der Waals surface area contributed by atoms with Gasteiger partial charge in [-0.25, -0.2) is 0 Å². The Kier molecular flexibility index (Phi) is 3.75. The predicted molar refractivity (Wildman–Crippen MR) is 81.0 cm³/mol. The van der Waals surface area contributed by atoms with E-state index < -0.39 is 0 Å². The normalized spacial score (nSPS) is 16.8. The number of fused-ring (bicyclic) bond motifs is 1. The first-order chi connectivity index (χ1) is 9.78. The number of benzene rings is 2. The lowest BCUT2D eigenvalue weighted by Crippen LogP contribution is -2.27. The van der Waals surface area contributed by atoms with Crippen LogP contribution in [0.2, 0.25) is 0 Å². The molecule has 2 nitrogen and oxygen atoms in total. The van der Waals surface area contributed by atoms with Crippen molar-refractivity contribution in [3.8, 4) is 0 Å². The molecular weight excluding hydrogens is 270 g/mol. The van der Waals surface area contributed by atoms with E-state index in [0.29, 0.717) is 11.4 Å². The Morgan fingerprint density at radius 1 is 1.20 bits per heavy atom. The van der Waals surface area contributed by atoms with E-state index in [0.717, 1.165) is 18.4 Å². The van der Waals surface area contributed by atoms with E-state index in [-0.39, 0.29) is 11.9 Å². The van der Waals surface area contributed by atoms with E-state index >= 15 is 0 Å². The number of aryl methyl sites for hydroxylation is 1. The third kappa shape index (κ3) is 2.56. The van der Waals surface area contributed by atoms with Gasteiger partial charge in [0.15, 0.2) is 0 Å². The van der Waals surface area contributed by atoms with Crippen LogP contribution in [-0.4, -0.2) is 5.91 Å². The zero-order chi connectivity index (χ0) is 13.9. The molecule has 1 atom stereocenters. The number of hydrogen-bond donors (Lipinski definition) is 1. The summed E-state index contributed by atoms with van der Waals surface area (Å²) in [7, 11) is 0. The quantitative estimate of drug-likeness (QED) is 0.853. The number of carbonyl (C=O) groups is 1. The summed E-state index contributed by atoms with van der Waals surface area (Å²) in [4.78, 5) is 12.3. The topological polar surface area (TPSA) is 29.1 Å². The SMILES string of the molecule is O=C(NC1CCc2ccccc21)c1cccc(CCl)c1. The lowest BCUT2D eigenvalue weighted by molar-refractivity contribution is 0.0936. The first-order valence-corrected chi connectivity index (χ1v) is 7.35. The van der Waals surface area contributed by atoms with Crippen LogP contribution < -0.4 is 5.32 Å². The second-order valence-electron chi connectivity index (χ2n) is 5.10. The van der Waals surface area contributed by atoms with Gasteiger partial charge in [-0.1, -0.05) is 36.4 Å². The fourth-order valence-electron chi connectivity index (χ4n) is 2.74. The summed E-state index contributed by atoms with van der Waals surface area (Å²) in [6.45, 7) is 0. The van der Waals surface area contributed by atoms with E-state index in [1.165, 1.54) is 11.1 Å². The highest BCUT2D eigenvalue weighted by molar-refractivity contribution is 6.17. The fourth-order valence-corrected chi connectivity index (χ4v) is 2.91. The standard InChI is InChI=1S/C17H16ClNO/c18-11-12-4-3-6-14(10-12)17(20)19-16-9-8-13-5-1-2-7-15(13)16/h1-7,10,16H,8-9,11H2,(H,19,20). The zero-order valence-electron chi connectivity index (χ0n) is 11.1. The maximum Gasteiger partial charge on any atom is 0.251 e. The van der Waals surface area contributed by atoms with Crippen molar-refractivity contribution in [2.24, 2.45) is 0 Å². The van der Waals surface area contributed by atoms with Gasteiger partial charge in [-0.2, -0.15) is 0 Å². The monoisotopic (exact) mass is 285 g/mol. The van der Waals surface area contributed by atoms with E-state index in [1.54, 1.807) is 0 Å². The molecule has 3 heteroatoms. The Balaban J connectivity index is 1.77. The average molecular weight is 286 g/mol. The van der Waals surface area contributed by atoms with Crippen LogP contribution in [0.5, 0.6) is 0 Å². The second kappa shape index (κ2) is 5.68. The van der Waals surface area contributed by atoms with Crippen molar-refractivity contribution >= 4 is 17.5 Å². The maximum absolute atomic E-state index is 12.3. The van der Waals surface area contributed by atoms with Crippen LogP contribution in [0, 0.1) is 0 Å². The molecule has 1 N–H and O–H groups in total. The van der Waals surface area contributed by atoms with Crippen molar-refractivity contribution in [1.82, 2.24) is 5.32 Å². The summed E-state index contributed by atoms with van der Waals surface area (Å²) in [5.41, 5.74) is 4.22. The van der Waals surface area contributed by atoms with Crippen LogP contribution in [0.3, 0.4) is 0 Å². The number of rotatable bonds is 3. The number of nitrogens with one attached hydrogen (secondary N) is 1. The Hall–Kier alpha value is -1.80. The van der Waals surface area contributed by atoms with Crippen molar-refractivity contribution in [1.29, 1.82) is 0 Å².